The molecule has 0 saturated carbocycles. The molecule has 7 heteroatoms. The molecule has 2 amide bonds. The van der Waals surface area contributed by atoms with Gasteiger partial charge in [-0.3, -0.25) is 0 Å². The molecule has 6 nitrogen and oxygen atoms in total. The number of hydrogen-bond acceptors (Lipinski definition) is 3. The van der Waals surface area contributed by atoms with Crippen LogP contribution >= 0.6 is 0 Å². The fourth-order valence-electron chi connectivity index (χ4n) is 2.43. The molecular weight excluding hydrogens is 338 g/mol. The van der Waals surface area contributed by atoms with Gasteiger partial charge in [0.25, 0.3) is 0 Å². The Morgan fingerprint density at radius 2 is 1.84 bits per heavy atom. The molecule has 2 aromatic carbocycles. The fourth-order valence-corrected chi connectivity index (χ4v) is 3.00. The first-order valence-electron chi connectivity index (χ1n) is 8.07. The molecule has 0 aliphatic carbocycles. The molecule has 0 saturated heterocycles. The van der Waals surface area contributed by atoms with Gasteiger partial charge in [-0.2, -0.15) is 0 Å². The van der Waals surface area contributed by atoms with Crippen LogP contribution in [0.5, 0.6) is 0 Å². The van der Waals surface area contributed by atoms with Gasteiger partial charge in [0.2, 0.25) is 10.0 Å². The minimum absolute atomic E-state index is 0.0296. The number of benzene rings is 2. The van der Waals surface area contributed by atoms with E-state index in [1.165, 1.54) is 17.7 Å². The quantitative estimate of drug-likeness (QED) is 0.660. The molecule has 0 fully saturated rings. The standard InChI is InChI=1S/C18H23N3O3S/c1-14(16-10-5-11-17(13-16)25(19,23)24)21-18(22)20-12-6-9-15-7-3-2-4-8-15/h2-5,7-8,10-11,13-14H,6,9,12H2,1H3,(H2,19,23,24)(H2,20,21,22). The minimum Gasteiger partial charge on any atom is -0.338 e. The zero-order chi connectivity index (χ0) is 18.3. The molecule has 1 unspecified atom stereocenters. The molecule has 0 aromatic heterocycles. The van der Waals surface area contributed by atoms with Crippen LogP contribution in [0.1, 0.15) is 30.5 Å². The second kappa shape index (κ2) is 8.64. The number of carbonyl (C=O) groups is 1. The van der Waals surface area contributed by atoms with Crippen LogP contribution in [0.3, 0.4) is 0 Å². The lowest BCUT2D eigenvalue weighted by atomic mass is 10.1. The maximum atomic E-state index is 12.0. The molecule has 1 atom stereocenters. The summed E-state index contributed by atoms with van der Waals surface area (Å²) in [5.41, 5.74) is 1.91. The maximum absolute atomic E-state index is 12.0. The summed E-state index contributed by atoms with van der Waals surface area (Å²) in [6, 6.07) is 15.7. The van der Waals surface area contributed by atoms with Crippen LogP contribution in [0.15, 0.2) is 59.5 Å². The van der Waals surface area contributed by atoms with Gasteiger partial charge in [0.15, 0.2) is 0 Å². The summed E-state index contributed by atoms with van der Waals surface area (Å²) in [5.74, 6) is 0. The van der Waals surface area contributed by atoms with E-state index >= 15 is 0 Å². The van der Waals surface area contributed by atoms with E-state index < -0.39 is 10.0 Å². The number of aryl methyl sites for hydroxylation is 1. The third-order valence-electron chi connectivity index (χ3n) is 3.80. The van der Waals surface area contributed by atoms with Crippen molar-refractivity contribution in [3.05, 3.63) is 65.7 Å². The van der Waals surface area contributed by atoms with E-state index in [0.29, 0.717) is 12.1 Å². The molecular formula is C18H23N3O3S. The van der Waals surface area contributed by atoms with Crippen molar-refractivity contribution in [2.45, 2.75) is 30.7 Å². The van der Waals surface area contributed by atoms with Crippen LogP contribution in [-0.4, -0.2) is 21.0 Å². The normalized spacial score (nSPS) is 12.4. The number of rotatable bonds is 7. The van der Waals surface area contributed by atoms with Gasteiger partial charge in [-0.05, 0) is 43.0 Å². The second-order valence-corrected chi connectivity index (χ2v) is 7.39. The number of primary sulfonamides is 1. The Bertz CT molecular complexity index is 807. The Morgan fingerprint density at radius 3 is 2.52 bits per heavy atom. The molecule has 0 spiro atoms. The highest BCUT2D eigenvalue weighted by Crippen LogP contribution is 2.16. The Labute approximate surface area is 148 Å². The van der Waals surface area contributed by atoms with Crippen molar-refractivity contribution in [1.82, 2.24) is 10.6 Å². The molecule has 4 N–H and O–H groups in total. The number of nitrogens with one attached hydrogen (secondary N) is 2. The largest absolute Gasteiger partial charge is 0.338 e. The lowest BCUT2D eigenvalue weighted by Crippen LogP contribution is -2.37. The Hall–Kier alpha value is -2.38. The molecule has 2 aromatic rings. The van der Waals surface area contributed by atoms with Gasteiger partial charge in [-0.1, -0.05) is 42.5 Å². The van der Waals surface area contributed by atoms with E-state index in [0.717, 1.165) is 12.8 Å². The van der Waals surface area contributed by atoms with Crippen molar-refractivity contribution < 1.29 is 13.2 Å². The van der Waals surface area contributed by atoms with E-state index in [1.807, 2.05) is 18.2 Å². The molecule has 0 aliphatic heterocycles. The average Bonchev–Trinajstić information content (AvgIpc) is 2.59. The molecule has 0 heterocycles. The van der Waals surface area contributed by atoms with Gasteiger partial charge in [-0.25, -0.2) is 18.4 Å². The third-order valence-corrected chi connectivity index (χ3v) is 4.72. The summed E-state index contributed by atoms with van der Waals surface area (Å²) < 4.78 is 22.8. The highest BCUT2D eigenvalue weighted by molar-refractivity contribution is 7.89. The summed E-state index contributed by atoms with van der Waals surface area (Å²) in [6.45, 7) is 2.34. The summed E-state index contributed by atoms with van der Waals surface area (Å²) in [6.07, 6.45) is 1.74. The predicted octanol–water partition coefficient (Wildman–Crippen LogP) is 2.33. The van der Waals surface area contributed by atoms with Crippen LogP contribution < -0.4 is 15.8 Å². The van der Waals surface area contributed by atoms with E-state index in [-0.39, 0.29) is 17.0 Å². The Kier molecular flexibility index (Phi) is 6.55. The summed E-state index contributed by atoms with van der Waals surface area (Å²) in [4.78, 5) is 12.0. The van der Waals surface area contributed by atoms with Crippen LogP contribution in [0, 0.1) is 0 Å². The van der Waals surface area contributed by atoms with Gasteiger partial charge in [-0.15, -0.1) is 0 Å². The molecule has 0 aliphatic rings. The van der Waals surface area contributed by atoms with E-state index in [1.54, 1.807) is 19.1 Å². The van der Waals surface area contributed by atoms with E-state index in [4.69, 9.17) is 5.14 Å². The zero-order valence-electron chi connectivity index (χ0n) is 14.1. The molecule has 134 valence electrons. The minimum atomic E-state index is -3.76. The highest BCUT2D eigenvalue weighted by Gasteiger charge is 2.13. The van der Waals surface area contributed by atoms with E-state index in [2.05, 4.69) is 22.8 Å². The van der Waals surface area contributed by atoms with Crippen LogP contribution in [0.4, 0.5) is 4.79 Å². The molecule has 25 heavy (non-hydrogen) atoms. The summed E-state index contributed by atoms with van der Waals surface area (Å²) >= 11 is 0. The number of hydrogen-bond donors (Lipinski definition) is 3. The van der Waals surface area contributed by atoms with E-state index in [9.17, 15) is 13.2 Å². The van der Waals surface area contributed by atoms with Crippen molar-refractivity contribution >= 4 is 16.1 Å². The van der Waals surface area contributed by atoms with Gasteiger partial charge in [0.05, 0.1) is 10.9 Å². The van der Waals surface area contributed by atoms with Gasteiger partial charge in [0, 0.05) is 6.54 Å². The predicted molar refractivity (Wildman–Crippen MR) is 97.5 cm³/mol. The van der Waals surface area contributed by atoms with Crippen LogP contribution in [0.25, 0.3) is 0 Å². The maximum Gasteiger partial charge on any atom is 0.315 e. The van der Waals surface area contributed by atoms with Crippen molar-refractivity contribution in [3.63, 3.8) is 0 Å². The fraction of sp³-hybridized carbons (Fsp3) is 0.278. The monoisotopic (exact) mass is 361 g/mol. The highest BCUT2D eigenvalue weighted by atomic mass is 32.2. The van der Waals surface area contributed by atoms with Crippen molar-refractivity contribution in [2.24, 2.45) is 5.14 Å². The number of amides is 2. The lowest BCUT2D eigenvalue weighted by molar-refractivity contribution is 0.238. The van der Waals surface area contributed by atoms with Gasteiger partial charge >= 0.3 is 6.03 Å². The number of nitrogens with two attached hydrogens (primary N) is 1. The lowest BCUT2D eigenvalue weighted by Gasteiger charge is -2.15. The number of urea groups is 1. The Balaban J connectivity index is 1.80. The topological polar surface area (TPSA) is 101 Å². The number of carbonyl (C=O) groups excluding carboxylic acids is 1. The van der Waals surface area contributed by atoms with Gasteiger partial charge < -0.3 is 10.6 Å². The molecule has 2 rings (SSSR count). The first-order chi connectivity index (χ1) is 11.9. The Morgan fingerprint density at radius 1 is 1.12 bits per heavy atom. The smallest absolute Gasteiger partial charge is 0.315 e. The molecule has 0 bridgehead atoms. The molecule has 0 radical (unpaired) electrons. The SMILES string of the molecule is CC(NC(=O)NCCCc1ccccc1)c1cccc(S(N)(=O)=O)c1. The summed E-state index contributed by atoms with van der Waals surface area (Å²) in [7, 11) is -3.76. The van der Waals surface area contributed by atoms with Crippen molar-refractivity contribution in [2.75, 3.05) is 6.54 Å². The first kappa shape index (κ1) is 19.0. The zero-order valence-corrected chi connectivity index (χ0v) is 14.9. The first-order valence-corrected chi connectivity index (χ1v) is 9.62. The summed E-state index contributed by atoms with van der Waals surface area (Å²) in [5, 5.41) is 10.7. The number of sulfonamides is 1. The third kappa shape index (κ3) is 6.21. The van der Waals surface area contributed by atoms with Crippen LogP contribution in [-0.2, 0) is 16.4 Å². The van der Waals surface area contributed by atoms with Crippen molar-refractivity contribution in [3.8, 4) is 0 Å². The average molecular weight is 361 g/mol. The second-order valence-electron chi connectivity index (χ2n) is 5.83. The van der Waals surface area contributed by atoms with Crippen LogP contribution in [0.2, 0.25) is 0 Å². The van der Waals surface area contributed by atoms with Crippen molar-refractivity contribution in [1.29, 1.82) is 0 Å². The van der Waals surface area contributed by atoms with Gasteiger partial charge in [0.1, 0.15) is 0 Å².